The summed E-state index contributed by atoms with van der Waals surface area (Å²) in [4.78, 5) is 15.2. The molecular formula is C18H25N3O. The van der Waals surface area contributed by atoms with Gasteiger partial charge in [-0.25, -0.2) is 0 Å². The van der Waals surface area contributed by atoms with E-state index >= 15 is 0 Å². The number of para-hydroxylation sites is 2. The van der Waals surface area contributed by atoms with Crippen molar-refractivity contribution in [3.63, 3.8) is 0 Å². The van der Waals surface area contributed by atoms with Gasteiger partial charge in [-0.1, -0.05) is 25.0 Å². The van der Waals surface area contributed by atoms with Crippen molar-refractivity contribution < 1.29 is 4.79 Å². The molecule has 0 aromatic heterocycles. The molecule has 4 heteroatoms. The van der Waals surface area contributed by atoms with Crippen LogP contribution in [0.15, 0.2) is 24.3 Å². The maximum atomic E-state index is 12.6. The molecule has 2 N–H and O–H groups in total. The van der Waals surface area contributed by atoms with E-state index in [2.05, 4.69) is 28.5 Å². The van der Waals surface area contributed by atoms with Gasteiger partial charge >= 0.3 is 0 Å². The number of benzene rings is 1. The van der Waals surface area contributed by atoms with Crippen molar-refractivity contribution in [2.45, 2.75) is 50.6 Å². The second-order valence-electron chi connectivity index (χ2n) is 7.27. The number of hydrogen-bond acceptors (Lipinski definition) is 3. The highest BCUT2D eigenvalue weighted by Crippen LogP contribution is 2.38. The smallest absolute Gasteiger partial charge is 0.250 e. The van der Waals surface area contributed by atoms with Crippen molar-refractivity contribution in [2.24, 2.45) is 5.92 Å². The van der Waals surface area contributed by atoms with E-state index in [9.17, 15) is 4.79 Å². The third kappa shape index (κ3) is 2.50. The normalized spacial score (nSPS) is 25.2. The Morgan fingerprint density at radius 2 is 1.91 bits per heavy atom. The number of piperidine rings is 1. The molecule has 0 bridgehead atoms. The van der Waals surface area contributed by atoms with Crippen LogP contribution < -0.4 is 10.6 Å². The van der Waals surface area contributed by atoms with E-state index in [0.29, 0.717) is 6.04 Å². The summed E-state index contributed by atoms with van der Waals surface area (Å²) < 4.78 is 0. The first kappa shape index (κ1) is 14.1. The van der Waals surface area contributed by atoms with Crippen LogP contribution in [0.3, 0.4) is 0 Å². The summed E-state index contributed by atoms with van der Waals surface area (Å²) in [5.74, 6) is 1.11. The Morgan fingerprint density at radius 1 is 1.23 bits per heavy atom. The number of fused-ring (bicyclic) bond motifs is 1. The summed E-state index contributed by atoms with van der Waals surface area (Å²) in [5, 5.41) is 6.62. The lowest BCUT2D eigenvalue weighted by Crippen LogP contribution is -2.59. The van der Waals surface area contributed by atoms with Gasteiger partial charge in [0.25, 0.3) is 0 Å². The minimum Gasteiger partial charge on any atom is -0.369 e. The van der Waals surface area contributed by atoms with Crippen molar-refractivity contribution in [2.75, 3.05) is 23.7 Å². The minimum atomic E-state index is -0.413. The fourth-order valence-corrected chi connectivity index (χ4v) is 3.94. The van der Waals surface area contributed by atoms with E-state index in [-0.39, 0.29) is 5.91 Å². The zero-order chi connectivity index (χ0) is 15.2. The highest BCUT2D eigenvalue weighted by Gasteiger charge is 2.45. The Bertz CT molecular complexity index is 573. The zero-order valence-electron chi connectivity index (χ0n) is 13.3. The Hall–Kier alpha value is -1.55. The number of amides is 1. The number of carbonyl (C=O) groups excluding carboxylic acids is 1. The lowest BCUT2D eigenvalue weighted by atomic mass is 9.83. The molecule has 22 heavy (non-hydrogen) atoms. The Kier molecular flexibility index (Phi) is 3.37. The molecule has 1 saturated heterocycles. The summed E-state index contributed by atoms with van der Waals surface area (Å²) in [6, 6.07) is 8.65. The van der Waals surface area contributed by atoms with Crippen molar-refractivity contribution in [1.82, 2.24) is 4.90 Å². The number of nitrogens with zero attached hydrogens (tertiary/aromatic N) is 1. The maximum Gasteiger partial charge on any atom is 0.250 e. The maximum absolute atomic E-state index is 12.6. The monoisotopic (exact) mass is 299 g/mol. The van der Waals surface area contributed by atoms with Crippen LogP contribution in [-0.2, 0) is 4.79 Å². The van der Waals surface area contributed by atoms with Crippen LogP contribution >= 0.6 is 0 Å². The van der Waals surface area contributed by atoms with Crippen molar-refractivity contribution >= 4 is 17.3 Å². The molecule has 1 saturated carbocycles. The molecule has 3 aliphatic rings. The van der Waals surface area contributed by atoms with Crippen LogP contribution in [0, 0.1) is 5.92 Å². The van der Waals surface area contributed by atoms with E-state index in [0.717, 1.165) is 43.2 Å². The summed E-state index contributed by atoms with van der Waals surface area (Å²) in [5.41, 5.74) is 1.55. The number of carbonyl (C=O) groups is 1. The average molecular weight is 299 g/mol. The predicted octanol–water partition coefficient (Wildman–Crippen LogP) is 3.07. The van der Waals surface area contributed by atoms with Crippen molar-refractivity contribution in [3.05, 3.63) is 24.3 Å². The van der Waals surface area contributed by atoms with E-state index in [1.165, 1.54) is 19.3 Å². The third-order valence-electron chi connectivity index (χ3n) is 5.63. The number of anilines is 2. The van der Waals surface area contributed by atoms with Gasteiger partial charge < -0.3 is 15.5 Å². The van der Waals surface area contributed by atoms with Crippen LogP contribution in [0.4, 0.5) is 11.4 Å². The van der Waals surface area contributed by atoms with Gasteiger partial charge in [0.2, 0.25) is 5.91 Å². The molecule has 0 radical (unpaired) electrons. The Balaban J connectivity index is 1.44. The molecule has 1 atom stereocenters. The van der Waals surface area contributed by atoms with Crippen molar-refractivity contribution in [3.8, 4) is 0 Å². The fraction of sp³-hybridized carbons (Fsp3) is 0.611. The zero-order valence-corrected chi connectivity index (χ0v) is 13.3. The van der Waals surface area contributed by atoms with Crippen LogP contribution in [0.1, 0.15) is 39.0 Å². The summed E-state index contributed by atoms with van der Waals surface area (Å²) in [6.45, 7) is 4.37. The summed E-state index contributed by atoms with van der Waals surface area (Å²) in [6.07, 6.45) is 5.95. The van der Waals surface area contributed by atoms with Crippen LogP contribution in [0.25, 0.3) is 0 Å². The second kappa shape index (κ2) is 5.27. The highest BCUT2D eigenvalue weighted by atomic mass is 16.2. The standard InChI is InChI=1S/C18H25N3O/c1-13(12-14-6-7-14)21-10-8-18(9-11-21)17(22)19-15-4-2-3-5-16(15)20-18/h2-5,13-14,20H,6-12H2,1H3,(H,19,22). The van der Waals surface area contributed by atoms with Gasteiger partial charge in [0.15, 0.2) is 0 Å². The third-order valence-corrected chi connectivity index (χ3v) is 5.63. The lowest BCUT2D eigenvalue weighted by molar-refractivity contribution is -0.122. The van der Waals surface area contributed by atoms with Gasteiger partial charge in [0.05, 0.1) is 11.4 Å². The number of nitrogens with one attached hydrogen (secondary N) is 2. The molecule has 118 valence electrons. The fourth-order valence-electron chi connectivity index (χ4n) is 3.94. The molecule has 1 unspecified atom stereocenters. The first-order valence-electron chi connectivity index (χ1n) is 8.59. The molecular weight excluding hydrogens is 274 g/mol. The van der Waals surface area contributed by atoms with Gasteiger partial charge in [0, 0.05) is 19.1 Å². The molecule has 4 nitrogen and oxygen atoms in total. The topological polar surface area (TPSA) is 44.4 Å². The highest BCUT2D eigenvalue weighted by molar-refractivity contribution is 6.06. The Labute approximate surface area is 132 Å². The van der Waals surface area contributed by atoms with Crippen LogP contribution in [-0.4, -0.2) is 35.5 Å². The van der Waals surface area contributed by atoms with Gasteiger partial charge in [-0.15, -0.1) is 0 Å². The summed E-state index contributed by atoms with van der Waals surface area (Å²) >= 11 is 0. The van der Waals surface area contributed by atoms with E-state index < -0.39 is 5.54 Å². The number of rotatable bonds is 3. The van der Waals surface area contributed by atoms with Crippen molar-refractivity contribution in [1.29, 1.82) is 0 Å². The van der Waals surface area contributed by atoms with Gasteiger partial charge in [-0.2, -0.15) is 0 Å². The van der Waals surface area contributed by atoms with E-state index in [1.807, 2.05) is 18.2 Å². The van der Waals surface area contributed by atoms with Gasteiger partial charge in [-0.3, -0.25) is 4.79 Å². The average Bonchev–Trinajstić information content (AvgIpc) is 3.33. The van der Waals surface area contributed by atoms with Gasteiger partial charge in [-0.05, 0) is 44.2 Å². The predicted molar refractivity (Wildman–Crippen MR) is 89.0 cm³/mol. The molecule has 1 aromatic carbocycles. The lowest BCUT2D eigenvalue weighted by Gasteiger charge is -2.45. The first-order chi connectivity index (χ1) is 10.7. The molecule has 4 rings (SSSR count). The first-order valence-corrected chi connectivity index (χ1v) is 8.59. The quantitative estimate of drug-likeness (QED) is 0.901. The van der Waals surface area contributed by atoms with Crippen LogP contribution in [0.5, 0.6) is 0 Å². The van der Waals surface area contributed by atoms with E-state index in [4.69, 9.17) is 0 Å². The molecule has 2 fully saturated rings. The molecule has 1 amide bonds. The van der Waals surface area contributed by atoms with E-state index in [1.54, 1.807) is 0 Å². The molecule has 1 aromatic rings. The Morgan fingerprint density at radius 3 is 2.59 bits per heavy atom. The minimum absolute atomic E-state index is 0.140. The SMILES string of the molecule is CC(CC1CC1)N1CCC2(CC1)Nc1ccccc1NC2=O. The number of hydrogen-bond donors (Lipinski definition) is 2. The largest absolute Gasteiger partial charge is 0.369 e. The number of likely N-dealkylation sites (tertiary alicyclic amines) is 1. The van der Waals surface area contributed by atoms with Gasteiger partial charge in [0.1, 0.15) is 5.54 Å². The summed E-state index contributed by atoms with van der Waals surface area (Å²) in [7, 11) is 0. The second-order valence-corrected chi connectivity index (χ2v) is 7.27. The molecule has 1 aliphatic carbocycles. The van der Waals surface area contributed by atoms with Crippen LogP contribution in [0.2, 0.25) is 0 Å². The molecule has 1 spiro atoms. The molecule has 2 heterocycles. The molecule has 2 aliphatic heterocycles.